The summed E-state index contributed by atoms with van der Waals surface area (Å²) in [6.45, 7) is 3.82. The van der Waals surface area contributed by atoms with E-state index in [-0.39, 0.29) is 17.7 Å². The number of benzene rings is 1. The molecular formula is C15H18ClN5O2S2. The van der Waals surface area contributed by atoms with Gasteiger partial charge < -0.3 is 10.6 Å². The maximum absolute atomic E-state index is 11.8. The lowest BCUT2D eigenvalue weighted by Crippen LogP contribution is -2.43. The van der Waals surface area contributed by atoms with Crippen LogP contribution in [-0.2, 0) is 4.79 Å². The number of thioether (sulfide) groups is 1. The van der Waals surface area contributed by atoms with Crippen LogP contribution in [0.2, 0.25) is 5.02 Å². The van der Waals surface area contributed by atoms with Crippen molar-refractivity contribution in [1.29, 1.82) is 0 Å². The van der Waals surface area contributed by atoms with E-state index in [1.807, 2.05) is 26.0 Å². The number of anilines is 2. The van der Waals surface area contributed by atoms with Crippen LogP contribution in [0.4, 0.5) is 15.6 Å². The summed E-state index contributed by atoms with van der Waals surface area (Å²) in [7, 11) is 0. The third kappa shape index (κ3) is 6.89. The van der Waals surface area contributed by atoms with Crippen molar-refractivity contribution < 1.29 is 9.59 Å². The highest BCUT2D eigenvalue weighted by Gasteiger charge is 2.12. The van der Waals surface area contributed by atoms with Gasteiger partial charge in [0.15, 0.2) is 4.34 Å². The molecule has 0 aliphatic carbocycles. The molecular weight excluding hydrogens is 382 g/mol. The van der Waals surface area contributed by atoms with Gasteiger partial charge in [-0.25, -0.2) is 4.79 Å². The molecule has 0 saturated heterocycles. The van der Waals surface area contributed by atoms with Gasteiger partial charge in [0, 0.05) is 16.8 Å². The monoisotopic (exact) mass is 399 g/mol. The van der Waals surface area contributed by atoms with Gasteiger partial charge in [-0.3, -0.25) is 10.1 Å². The molecule has 134 valence electrons. The van der Waals surface area contributed by atoms with Crippen LogP contribution in [0.3, 0.4) is 0 Å². The Labute approximate surface area is 158 Å². The maximum atomic E-state index is 11.8. The molecule has 0 bridgehead atoms. The summed E-state index contributed by atoms with van der Waals surface area (Å²) >= 11 is 8.46. The molecule has 0 aliphatic rings. The van der Waals surface area contributed by atoms with Crippen LogP contribution in [0.1, 0.15) is 20.3 Å². The molecule has 1 atom stereocenters. The first kappa shape index (κ1) is 19.5. The van der Waals surface area contributed by atoms with Crippen molar-refractivity contribution in [1.82, 2.24) is 20.8 Å². The molecule has 3 amide bonds. The second-order valence-corrected chi connectivity index (χ2v) is 7.76. The smallest absolute Gasteiger partial charge is 0.321 e. The third-order valence-corrected chi connectivity index (χ3v) is 5.26. The number of nitrogens with one attached hydrogen (secondary N) is 3. The Morgan fingerprint density at radius 2 is 2.16 bits per heavy atom. The first-order valence-corrected chi connectivity index (χ1v) is 9.73. The molecule has 25 heavy (non-hydrogen) atoms. The van der Waals surface area contributed by atoms with Gasteiger partial charge in [0.25, 0.3) is 0 Å². The summed E-state index contributed by atoms with van der Waals surface area (Å²) in [5.41, 5.74) is 0.805. The number of nitrogens with zero attached hydrogens (tertiary/aromatic N) is 2. The molecule has 3 N–H and O–H groups in total. The Balaban J connectivity index is 1.79. The van der Waals surface area contributed by atoms with Crippen LogP contribution in [0, 0.1) is 0 Å². The van der Waals surface area contributed by atoms with E-state index in [9.17, 15) is 9.59 Å². The van der Waals surface area contributed by atoms with Crippen molar-refractivity contribution in [2.24, 2.45) is 0 Å². The first-order chi connectivity index (χ1) is 12.0. The van der Waals surface area contributed by atoms with E-state index in [0.29, 0.717) is 14.5 Å². The average molecular weight is 400 g/mol. The van der Waals surface area contributed by atoms with Crippen LogP contribution >= 0.6 is 34.7 Å². The molecule has 0 saturated carbocycles. The van der Waals surface area contributed by atoms with E-state index in [2.05, 4.69) is 26.1 Å². The zero-order valence-electron chi connectivity index (χ0n) is 13.7. The van der Waals surface area contributed by atoms with Crippen molar-refractivity contribution in [2.45, 2.75) is 30.6 Å². The van der Waals surface area contributed by atoms with Crippen molar-refractivity contribution in [3.05, 3.63) is 29.3 Å². The summed E-state index contributed by atoms with van der Waals surface area (Å²) in [4.78, 5) is 23.3. The number of carbonyl (C=O) groups is 2. The minimum absolute atomic E-state index is 0.0174. The predicted molar refractivity (Wildman–Crippen MR) is 102 cm³/mol. The second-order valence-electron chi connectivity index (χ2n) is 5.13. The number of rotatable bonds is 7. The van der Waals surface area contributed by atoms with Gasteiger partial charge in [0.05, 0.1) is 5.75 Å². The molecule has 0 radical (unpaired) electrons. The number of aromatic nitrogens is 2. The van der Waals surface area contributed by atoms with Gasteiger partial charge in [-0.05, 0) is 31.5 Å². The van der Waals surface area contributed by atoms with Crippen LogP contribution in [-0.4, -0.2) is 33.9 Å². The minimum Gasteiger partial charge on any atom is -0.335 e. The van der Waals surface area contributed by atoms with Crippen LogP contribution < -0.4 is 16.0 Å². The van der Waals surface area contributed by atoms with E-state index in [0.717, 1.165) is 12.1 Å². The Bertz CT molecular complexity index is 740. The molecule has 1 heterocycles. The van der Waals surface area contributed by atoms with Crippen LogP contribution in [0.5, 0.6) is 0 Å². The van der Waals surface area contributed by atoms with Crippen LogP contribution in [0.15, 0.2) is 28.6 Å². The summed E-state index contributed by atoms with van der Waals surface area (Å²) in [5, 5.41) is 17.3. The normalized spacial score (nSPS) is 11.6. The Kier molecular flexibility index (Phi) is 7.48. The highest BCUT2D eigenvalue weighted by molar-refractivity contribution is 8.01. The molecule has 0 unspecified atom stereocenters. The van der Waals surface area contributed by atoms with E-state index in [1.165, 1.54) is 23.1 Å². The molecule has 10 heteroatoms. The lowest BCUT2D eigenvalue weighted by Gasteiger charge is -2.11. The van der Waals surface area contributed by atoms with Crippen molar-refractivity contribution >= 4 is 57.5 Å². The molecule has 0 spiro atoms. The zero-order valence-corrected chi connectivity index (χ0v) is 16.1. The lowest BCUT2D eigenvalue weighted by molar-refractivity contribution is -0.117. The number of carbonyl (C=O) groups excluding carboxylic acids is 2. The van der Waals surface area contributed by atoms with Gasteiger partial charge in [-0.2, -0.15) is 0 Å². The molecule has 1 aromatic heterocycles. The molecule has 7 nitrogen and oxygen atoms in total. The van der Waals surface area contributed by atoms with Crippen molar-refractivity contribution in [3.8, 4) is 0 Å². The number of hydrogen-bond donors (Lipinski definition) is 3. The van der Waals surface area contributed by atoms with Crippen molar-refractivity contribution in [2.75, 3.05) is 11.1 Å². The van der Waals surface area contributed by atoms with E-state index in [1.54, 1.807) is 12.1 Å². The van der Waals surface area contributed by atoms with Gasteiger partial charge in [-0.15, -0.1) is 10.2 Å². The number of urea groups is 1. The quantitative estimate of drug-likeness (QED) is 0.615. The number of hydrogen-bond acceptors (Lipinski definition) is 7. The summed E-state index contributed by atoms with van der Waals surface area (Å²) in [6, 6.07) is 6.78. The molecule has 0 fully saturated rings. The topological polar surface area (TPSA) is 96.0 Å². The van der Waals surface area contributed by atoms with Gasteiger partial charge in [0.2, 0.25) is 11.0 Å². The highest BCUT2D eigenvalue weighted by Crippen LogP contribution is 2.28. The molecule has 1 aromatic carbocycles. The fourth-order valence-electron chi connectivity index (χ4n) is 1.66. The Hall–Kier alpha value is -1.84. The average Bonchev–Trinajstić information content (AvgIpc) is 3.00. The second kappa shape index (κ2) is 9.59. The predicted octanol–water partition coefficient (Wildman–Crippen LogP) is 3.65. The molecule has 2 rings (SSSR count). The molecule has 2 aromatic rings. The SMILES string of the molecule is CC[C@@H](C)NC(=O)NC(=O)CSc1nnc(Nc2cccc(Cl)c2)s1. The summed E-state index contributed by atoms with van der Waals surface area (Å²) in [5.74, 6) is -0.301. The van der Waals surface area contributed by atoms with Gasteiger partial charge >= 0.3 is 6.03 Å². The first-order valence-electron chi connectivity index (χ1n) is 7.55. The summed E-state index contributed by atoms with van der Waals surface area (Å²) in [6.07, 6.45) is 0.795. The zero-order chi connectivity index (χ0) is 18.2. The van der Waals surface area contributed by atoms with Crippen molar-refractivity contribution in [3.63, 3.8) is 0 Å². The number of imide groups is 1. The minimum atomic E-state index is -0.486. The maximum Gasteiger partial charge on any atom is 0.321 e. The fourth-order valence-corrected chi connectivity index (χ4v) is 3.42. The van der Waals surface area contributed by atoms with E-state index >= 15 is 0 Å². The summed E-state index contributed by atoms with van der Waals surface area (Å²) < 4.78 is 0.627. The van der Waals surface area contributed by atoms with Gasteiger partial charge in [0.1, 0.15) is 0 Å². The van der Waals surface area contributed by atoms with Crippen LogP contribution in [0.25, 0.3) is 0 Å². The Morgan fingerprint density at radius 1 is 1.36 bits per heavy atom. The number of amides is 3. The number of halogens is 1. The lowest BCUT2D eigenvalue weighted by atomic mass is 10.3. The largest absolute Gasteiger partial charge is 0.335 e. The Morgan fingerprint density at radius 3 is 2.88 bits per heavy atom. The molecule has 0 aliphatic heterocycles. The standard InChI is InChI=1S/C15H18ClN5O2S2/c1-3-9(2)17-13(23)19-12(22)8-24-15-21-20-14(25-15)18-11-6-4-5-10(16)7-11/h4-7,9H,3,8H2,1-2H3,(H,18,20)(H2,17,19,22,23)/t9-/m1/s1. The van der Waals surface area contributed by atoms with Gasteiger partial charge in [-0.1, -0.05) is 47.7 Å². The third-order valence-electron chi connectivity index (χ3n) is 3.05. The highest BCUT2D eigenvalue weighted by atomic mass is 35.5. The van der Waals surface area contributed by atoms with E-state index < -0.39 is 6.03 Å². The fraction of sp³-hybridized carbons (Fsp3) is 0.333. The van der Waals surface area contributed by atoms with E-state index in [4.69, 9.17) is 11.6 Å².